The van der Waals surface area contributed by atoms with Crippen molar-refractivity contribution in [2.45, 2.75) is 19.3 Å². The van der Waals surface area contributed by atoms with Crippen LogP contribution in [0.5, 0.6) is 0 Å². The Hall–Kier alpha value is -3.81. The molecule has 0 unspecified atom stereocenters. The van der Waals surface area contributed by atoms with Gasteiger partial charge in [0.1, 0.15) is 5.82 Å². The molecule has 1 fully saturated rings. The molecular weight excluding hydrogens is 412 g/mol. The van der Waals surface area contributed by atoms with Gasteiger partial charge in [-0.1, -0.05) is 18.2 Å². The van der Waals surface area contributed by atoms with E-state index < -0.39 is 17.5 Å². The van der Waals surface area contributed by atoms with Crippen molar-refractivity contribution < 1.29 is 13.6 Å². The molecule has 2 aromatic heterocycles. The number of halogens is 2. The Balaban J connectivity index is 1.43. The van der Waals surface area contributed by atoms with Gasteiger partial charge in [0.15, 0.2) is 17.3 Å². The number of carbonyl (C=O) groups excluding carboxylic acids is 1. The van der Waals surface area contributed by atoms with Crippen LogP contribution in [0.15, 0.2) is 54.7 Å². The van der Waals surface area contributed by atoms with Gasteiger partial charge in [-0.2, -0.15) is 5.10 Å². The second-order valence-corrected chi connectivity index (χ2v) is 7.84. The van der Waals surface area contributed by atoms with Crippen LogP contribution < -0.4 is 10.2 Å². The van der Waals surface area contributed by atoms with Crippen LogP contribution in [0.25, 0.3) is 22.0 Å². The molecular formula is C24H21F2N5O. The number of nitrogens with one attached hydrogen (secondary N) is 2. The molecule has 0 bridgehead atoms. The van der Waals surface area contributed by atoms with Crippen LogP contribution in [0.1, 0.15) is 29.8 Å². The molecule has 1 amide bonds. The van der Waals surface area contributed by atoms with E-state index in [1.807, 2.05) is 6.07 Å². The van der Waals surface area contributed by atoms with Gasteiger partial charge in [-0.25, -0.2) is 13.8 Å². The van der Waals surface area contributed by atoms with Crippen LogP contribution in [0, 0.1) is 11.6 Å². The molecule has 0 spiro atoms. The summed E-state index contributed by atoms with van der Waals surface area (Å²) < 4.78 is 27.9. The number of hydrogen-bond acceptors (Lipinski definition) is 4. The molecule has 0 aliphatic carbocycles. The van der Waals surface area contributed by atoms with E-state index in [-0.39, 0.29) is 11.3 Å². The van der Waals surface area contributed by atoms with Crippen LogP contribution in [-0.2, 0) is 0 Å². The number of H-pyrrole nitrogens is 1. The zero-order chi connectivity index (χ0) is 22.1. The minimum atomic E-state index is -0.927. The van der Waals surface area contributed by atoms with Crippen LogP contribution in [0.3, 0.4) is 0 Å². The van der Waals surface area contributed by atoms with Gasteiger partial charge in [0, 0.05) is 42.0 Å². The normalized spacial score (nSPS) is 14.0. The molecule has 2 N–H and O–H groups in total. The number of hydrogen-bond donors (Lipinski definition) is 2. The van der Waals surface area contributed by atoms with Crippen molar-refractivity contribution in [1.29, 1.82) is 0 Å². The van der Waals surface area contributed by atoms with E-state index in [0.717, 1.165) is 37.8 Å². The predicted octanol–water partition coefficient (Wildman–Crippen LogP) is 5.15. The van der Waals surface area contributed by atoms with Crippen molar-refractivity contribution in [2.75, 3.05) is 23.3 Å². The van der Waals surface area contributed by atoms with Gasteiger partial charge in [-0.05, 0) is 49.1 Å². The topological polar surface area (TPSA) is 73.9 Å². The third kappa shape index (κ3) is 3.79. The lowest BCUT2D eigenvalue weighted by Crippen LogP contribution is -2.30. The Labute approximate surface area is 183 Å². The van der Waals surface area contributed by atoms with Gasteiger partial charge < -0.3 is 10.2 Å². The van der Waals surface area contributed by atoms with Crippen LogP contribution in [-0.4, -0.2) is 34.2 Å². The first-order chi connectivity index (χ1) is 15.6. The van der Waals surface area contributed by atoms with Crippen molar-refractivity contribution in [1.82, 2.24) is 15.2 Å². The highest BCUT2D eigenvalue weighted by molar-refractivity contribution is 6.11. The Morgan fingerprint density at radius 1 is 1.03 bits per heavy atom. The first-order valence-corrected chi connectivity index (χ1v) is 10.5. The van der Waals surface area contributed by atoms with E-state index in [4.69, 9.17) is 0 Å². The third-order valence-electron chi connectivity index (χ3n) is 5.72. The fraction of sp³-hybridized carbons (Fsp3) is 0.208. The molecule has 1 saturated heterocycles. The minimum Gasteiger partial charge on any atom is -0.357 e. The number of carbonyl (C=O) groups is 1. The first-order valence-electron chi connectivity index (χ1n) is 10.5. The Morgan fingerprint density at radius 2 is 1.88 bits per heavy atom. The van der Waals surface area contributed by atoms with Crippen molar-refractivity contribution >= 4 is 28.3 Å². The minimum absolute atomic E-state index is 0.125. The molecule has 3 heterocycles. The number of nitrogens with zero attached hydrogens (tertiary/aromatic N) is 3. The Kier molecular flexibility index (Phi) is 5.26. The summed E-state index contributed by atoms with van der Waals surface area (Å²) in [6.45, 7) is 1.90. The van der Waals surface area contributed by atoms with Gasteiger partial charge in [0.25, 0.3) is 5.91 Å². The molecule has 6 nitrogen and oxygen atoms in total. The SMILES string of the molecule is O=C(Nc1ccnc(N2CCCCC2)c1)c1n[nH]c2ccc(-c3cccc(F)c3F)cc12. The number of piperidine rings is 1. The molecule has 4 aromatic rings. The van der Waals surface area contributed by atoms with E-state index in [9.17, 15) is 13.6 Å². The van der Waals surface area contributed by atoms with Crippen molar-refractivity contribution in [3.8, 4) is 11.1 Å². The number of fused-ring (bicyclic) bond motifs is 1. The summed E-state index contributed by atoms with van der Waals surface area (Å²) in [5.74, 6) is -1.42. The Morgan fingerprint density at radius 3 is 2.72 bits per heavy atom. The van der Waals surface area contributed by atoms with Crippen molar-refractivity contribution in [3.05, 3.63) is 72.1 Å². The molecule has 32 heavy (non-hydrogen) atoms. The zero-order valence-electron chi connectivity index (χ0n) is 17.2. The highest BCUT2D eigenvalue weighted by Crippen LogP contribution is 2.29. The number of amides is 1. The molecule has 162 valence electrons. The second-order valence-electron chi connectivity index (χ2n) is 7.84. The smallest absolute Gasteiger partial charge is 0.276 e. The van der Waals surface area contributed by atoms with Gasteiger partial charge >= 0.3 is 0 Å². The van der Waals surface area contributed by atoms with Crippen LogP contribution in [0.4, 0.5) is 20.3 Å². The van der Waals surface area contributed by atoms with Crippen molar-refractivity contribution in [2.24, 2.45) is 0 Å². The third-order valence-corrected chi connectivity index (χ3v) is 5.72. The average molecular weight is 433 g/mol. The number of aromatic nitrogens is 3. The number of benzene rings is 2. The van der Waals surface area contributed by atoms with E-state index in [0.29, 0.717) is 22.2 Å². The summed E-state index contributed by atoms with van der Waals surface area (Å²) in [6.07, 6.45) is 5.16. The van der Waals surface area contributed by atoms with Gasteiger partial charge in [0.05, 0.1) is 5.52 Å². The average Bonchev–Trinajstić information content (AvgIpc) is 3.25. The quantitative estimate of drug-likeness (QED) is 0.467. The molecule has 1 aliphatic rings. The number of pyridine rings is 1. The number of anilines is 2. The zero-order valence-corrected chi connectivity index (χ0v) is 17.2. The van der Waals surface area contributed by atoms with E-state index in [2.05, 4.69) is 25.4 Å². The maximum absolute atomic E-state index is 14.3. The Bertz CT molecular complexity index is 1300. The molecule has 5 rings (SSSR count). The summed E-state index contributed by atoms with van der Waals surface area (Å²) in [5, 5.41) is 10.4. The summed E-state index contributed by atoms with van der Waals surface area (Å²) in [4.78, 5) is 19.6. The van der Waals surface area contributed by atoms with Gasteiger partial charge in [-0.3, -0.25) is 9.89 Å². The van der Waals surface area contributed by atoms with Crippen LogP contribution in [0.2, 0.25) is 0 Å². The van der Waals surface area contributed by atoms with Gasteiger partial charge in [0.2, 0.25) is 0 Å². The molecule has 0 radical (unpaired) electrons. The molecule has 0 saturated carbocycles. The predicted molar refractivity (Wildman–Crippen MR) is 120 cm³/mol. The second kappa shape index (κ2) is 8.37. The van der Waals surface area contributed by atoms with E-state index >= 15 is 0 Å². The monoisotopic (exact) mass is 433 g/mol. The fourth-order valence-corrected chi connectivity index (χ4v) is 4.06. The van der Waals surface area contributed by atoms with E-state index in [1.54, 1.807) is 30.5 Å². The lowest BCUT2D eigenvalue weighted by molar-refractivity contribution is 0.102. The largest absolute Gasteiger partial charge is 0.357 e. The lowest BCUT2D eigenvalue weighted by Gasteiger charge is -2.27. The van der Waals surface area contributed by atoms with E-state index in [1.165, 1.54) is 18.6 Å². The highest BCUT2D eigenvalue weighted by Gasteiger charge is 2.18. The molecule has 0 atom stereocenters. The summed E-state index contributed by atoms with van der Waals surface area (Å²) >= 11 is 0. The summed E-state index contributed by atoms with van der Waals surface area (Å²) in [6, 6.07) is 12.6. The summed E-state index contributed by atoms with van der Waals surface area (Å²) in [5.41, 5.74) is 2.00. The maximum atomic E-state index is 14.3. The van der Waals surface area contributed by atoms with Crippen LogP contribution >= 0.6 is 0 Å². The first kappa shape index (κ1) is 20.1. The molecule has 8 heteroatoms. The number of aromatic amines is 1. The number of rotatable bonds is 4. The van der Waals surface area contributed by atoms with Crippen molar-refractivity contribution in [3.63, 3.8) is 0 Å². The molecule has 1 aliphatic heterocycles. The highest BCUT2D eigenvalue weighted by atomic mass is 19.2. The van der Waals surface area contributed by atoms with Gasteiger partial charge in [-0.15, -0.1) is 0 Å². The lowest BCUT2D eigenvalue weighted by atomic mass is 10.0. The maximum Gasteiger partial charge on any atom is 0.276 e. The molecule has 2 aromatic carbocycles. The fourth-order valence-electron chi connectivity index (χ4n) is 4.06. The standard InChI is InChI=1S/C24H21F2N5O/c25-19-6-4-5-17(22(19)26)15-7-8-20-18(13-15)23(30-29-20)24(32)28-16-9-10-27-21(14-16)31-11-2-1-3-12-31/h4-10,13-14H,1-3,11-12H2,(H,29,30)(H,27,28,32). The summed E-state index contributed by atoms with van der Waals surface area (Å²) in [7, 11) is 0.